The van der Waals surface area contributed by atoms with E-state index in [1.54, 1.807) is 48.5 Å². The Hall–Kier alpha value is -4.14. The van der Waals surface area contributed by atoms with Gasteiger partial charge in [-0.15, -0.1) is 0 Å². The number of sulfonamides is 1. The van der Waals surface area contributed by atoms with Gasteiger partial charge in [0.15, 0.2) is 0 Å². The number of hydrogen-bond donors (Lipinski definition) is 1. The first kappa shape index (κ1) is 26.9. The number of rotatable bonds is 10. The van der Waals surface area contributed by atoms with Crippen molar-refractivity contribution in [3.63, 3.8) is 0 Å². The molecular weight excluding hydrogens is 522 g/mol. The van der Waals surface area contributed by atoms with E-state index in [0.29, 0.717) is 28.6 Å². The average molecular weight is 548 g/mol. The lowest BCUT2D eigenvalue weighted by atomic mass is 10.1. The number of amides is 1. The molecule has 4 aromatic carbocycles. The van der Waals surface area contributed by atoms with Gasteiger partial charge in [0.2, 0.25) is 10.0 Å². The first-order valence-corrected chi connectivity index (χ1v) is 13.9. The fourth-order valence-corrected chi connectivity index (χ4v) is 4.70. The highest BCUT2D eigenvalue weighted by Crippen LogP contribution is 2.20. The van der Waals surface area contributed by atoms with E-state index in [-0.39, 0.29) is 12.5 Å². The van der Waals surface area contributed by atoms with Gasteiger partial charge in [0.25, 0.3) is 5.91 Å². The van der Waals surface area contributed by atoms with E-state index >= 15 is 0 Å². The van der Waals surface area contributed by atoms with Crippen LogP contribution in [0.25, 0.3) is 0 Å². The maximum absolute atomic E-state index is 12.5. The second-order valence-electron chi connectivity index (χ2n) is 8.49. The van der Waals surface area contributed by atoms with Crippen molar-refractivity contribution in [3.8, 4) is 5.75 Å². The van der Waals surface area contributed by atoms with Crippen molar-refractivity contribution in [2.75, 3.05) is 10.6 Å². The number of ether oxygens (including phenoxy) is 1. The first-order valence-electron chi connectivity index (χ1n) is 11.7. The molecule has 0 spiro atoms. The fraction of sp³-hybridized carbons (Fsp3) is 0.103. The zero-order valence-electron chi connectivity index (χ0n) is 20.6. The fourth-order valence-electron chi connectivity index (χ4n) is 3.60. The summed E-state index contributed by atoms with van der Waals surface area (Å²) < 4.78 is 31.7. The summed E-state index contributed by atoms with van der Waals surface area (Å²) in [5.74, 6) is 0.324. The number of hydrazone groups is 1. The molecule has 0 atom stereocenters. The van der Waals surface area contributed by atoms with Crippen molar-refractivity contribution in [3.05, 3.63) is 130 Å². The Kier molecular flexibility index (Phi) is 8.78. The second kappa shape index (κ2) is 12.4. The lowest BCUT2D eigenvalue weighted by Gasteiger charge is -2.22. The molecule has 0 aliphatic carbocycles. The lowest BCUT2D eigenvalue weighted by Crippen LogP contribution is -2.29. The number of carbonyl (C=O) groups is 1. The quantitative estimate of drug-likeness (QED) is 0.205. The van der Waals surface area contributed by atoms with Crippen LogP contribution in [0.4, 0.5) is 5.69 Å². The number of nitrogens with one attached hydrogen (secondary N) is 1. The zero-order chi connectivity index (χ0) is 27.0. The van der Waals surface area contributed by atoms with Crippen molar-refractivity contribution >= 4 is 39.4 Å². The predicted molar refractivity (Wildman–Crippen MR) is 151 cm³/mol. The molecule has 0 aromatic heterocycles. The molecule has 0 radical (unpaired) electrons. The Morgan fingerprint density at radius 3 is 2.29 bits per heavy atom. The molecule has 0 heterocycles. The third-order valence-electron chi connectivity index (χ3n) is 5.54. The lowest BCUT2D eigenvalue weighted by molar-refractivity contribution is 0.0955. The summed E-state index contributed by atoms with van der Waals surface area (Å²) in [6.07, 6.45) is 2.71. The van der Waals surface area contributed by atoms with Crippen molar-refractivity contribution in [2.24, 2.45) is 5.10 Å². The van der Waals surface area contributed by atoms with Crippen LogP contribution in [0.1, 0.15) is 27.0 Å². The second-order valence-corrected chi connectivity index (χ2v) is 10.8. The molecule has 7 nitrogen and oxygen atoms in total. The van der Waals surface area contributed by atoms with Gasteiger partial charge in [0, 0.05) is 10.6 Å². The summed E-state index contributed by atoms with van der Waals surface area (Å²) >= 11 is 6.00. The number of halogens is 1. The summed E-state index contributed by atoms with van der Waals surface area (Å²) in [5.41, 5.74) is 6.00. The monoisotopic (exact) mass is 547 g/mol. The van der Waals surface area contributed by atoms with E-state index in [2.05, 4.69) is 10.5 Å². The van der Waals surface area contributed by atoms with Gasteiger partial charge in [0.1, 0.15) is 12.4 Å². The maximum Gasteiger partial charge on any atom is 0.271 e. The van der Waals surface area contributed by atoms with E-state index in [9.17, 15) is 13.2 Å². The topological polar surface area (TPSA) is 88.1 Å². The van der Waals surface area contributed by atoms with Gasteiger partial charge in [-0.3, -0.25) is 9.10 Å². The molecule has 1 N–H and O–H groups in total. The number of carbonyl (C=O) groups excluding carboxylic acids is 1. The van der Waals surface area contributed by atoms with Crippen LogP contribution < -0.4 is 14.5 Å². The van der Waals surface area contributed by atoms with Crippen LogP contribution in [0.3, 0.4) is 0 Å². The molecule has 194 valence electrons. The Balaban J connectivity index is 1.30. The van der Waals surface area contributed by atoms with E-state index < -0.39 is 10.0 Å². The summed E-state index contributed by atoms with van der Waals surface area (Å²) in [4.78, 5) is 12.5. The molecule has 0 saturated carbocycles. The molecule has 9 heteroatoms. The highest BCUT2D eigenvalue weighted by Gasteiger charge is 2.17. The molecule has 0 bridgehead atoms. The number of nitrogens with zero attached hydrogens (tertiary/aromatic N) is 2. The first-order chi connectivity index (χ1) is 18.3. The summed E-state index contributed by atoms with van der Waals surface area (Å²) in [6, 6.07) is 30.4. The van der Waals surface area contributed by atoms with Crippen LogP contribution in [0.15, 0.2) is 108 Å². The van der Waals surface area contributed by atoms with Gasteiger partial charge in [-0.25, -0.2) is 13.8 Å². The molecule has 38 heavy (non-hydrogen) atoms. The van der Waals surface area contributed by atoms with Crippen molar-refractivity contribution < 1.29 is 17.9 Å². The van der Waals surface area contributed by atoms with E-state index in [1.165, 1.54) is 16.8 Å². The minimum atomic E-state index is -3.48. The third-order valence-corrected chi connectivity index (χ3v) is 6.92. The predicted octanol–water partition coefficient (Wildman–Crippen LogP) is 5.65. The van der Waals surface area contributed by atoms with Gasteiger partial charge in [-0.05, 0) is 77.4 Å². The molecule has 4 rings (SSSR count). The average Bonchev–Trinajstić information content (AvgIpc) is 2.91. The van der Waals surface area contributed by atoms with Crippen LogP contribution in [-0.2, 0) is 23.2 Å². The summed E-state index contributed by atoms with van der Waals surface area (Å²) in [6.45, 7) is 0.559. The SMILES string of the molecule is CS(=O)(=O)N(Cc1ccc(C(=O)N/N=C\c2ccc(OCc3cccc(Cl)c3)cc2)cc1)c1ccccc1. The molecule has 0 unspecified atom stereocenters. The Bertz CT molecular complexity index is 1510. The minimum Gasteiger partial charge on any atom is -0.489 e. The third kappa shape index (κ3) is 7.68. The smallest absolute Gasteiger partial charge is 0.271 e. The number of benzene rings is 4. The molecule has 0 aliphatic heterocycles. The van der Waals surface area contributed by atoms with Gasteiger partial charge >= 0.3 is 0 Å². The standard InChI is InChI=1S/C29H26ClN3O4S/c1-38(35,36)33(27-8-3-2-4-9-27)20-23-10-14-25(15-11-23)29(34)32-31-19-22-12-16-28(17-13-22)37-21-24-6-5-7-26(30)18-24/h2-19H,20-21H2,1H3,(H,32,34)/b31-19-. The van der Waals surface area contributed by atoms with E-state index in [1.807, 2.05) is 54.6 Å². The zero-order valence-corrected chi connectivity index (χ0v) is 22.2. The van der Waals surface area contributed by atoms with Gasteiger partial charge in [-0.1, -0.05) is 54.1 Å². The number of anilines is 1. The maximum atomic E-state index is 12.5. The Morgan fingerprint density at radius 2 is 1.63 bits per heavy atom. The van der Waals surface area contributed by atoms with Crippen LogP contribution in [0, 0.1) is 0 Å². The van der Waals surface area contributed by atoms with Crippen LogP contribution >= 0.6 is 11.6 Å². The molecule has 0 saturated heterocycles. The van der Waals surface area contributed by atoms with Crippen LogP contribution in [0.5, 0.6) is 5.75 Å². The highest BCUT2D eigenvalue weighted by atomic mass is 35.5. The van der Waals surface area contributed by atoms with E-state index in [4.69, 9.17) is 16.3 Å². The molecular formula is C29H26ClN3O4S. The minimum absolute atomic E-state index is 0.154. The van der Waals surface area contributed by atoms with Gasteiger partial charge < -0.3 is 4.74 Å². The summed E-state index contributed by atoms with van der Waals surface area (Å²) in [7, 11) is -3.48. The Labute approximate surface area is 227 Å². The largest absolute Gasteiger partial charge is 0.489 e. The van der Waals surface area contributed by atoms with Gasteiger partial charge in [0.05, 0.1) is 24.7 Å². The normalized spacial score (nSPS) is 11.3. The van der Waals surface area contributed by atoms with Crippen molar-refractivity contribution in [2.45, 2.75) is 13.2 Å². The molecule has 0 fully saturated rings. The van der Waals surface area contributed by atoms with Crippen LogP contribution in [-0.4, -0.2) is 26.8 Å². The molecule has 0 aliphatic rings. The molecule has 1 amide bonds. The summed E-state index contributed by atoms with van der Waals surface area (Å²) in [5, 5.41) is 4.69. The van der Waals surface area contributed by atoms with Crippen molar-refractivity contribution in [1.82, 2.24) is 5.43 Å². The van der Waals surface area contributed by atoms with E-state index in [0.717, 1.165) is 16.7 Å². The highest BCUT2D eigenvalue weighted by molar-refractivity contribution is 7.92. The number of hydrogen-bond acceptors (Lipinski definition) is 5. The van der Waals surface area contributed by atoms with Gasteiger partial charge in [-0.2, -0.15) is 5.10 Å². The van der Waals surface area contributed by atoms with Crippen molar-refractivity contribution in [1.29, 1.82) is 0 Å². The number of para-hydroxylation sites is 1. The van der Waals surface area contributed by atoms with Crippen LogP contribution in [0.2, 0.25) is 5.02 Å². The Morgan fingerprint density at radius 1 is 0.921 bits per heavy atom. The molecule has 4 aromatic rings.